The molecule has 3 aromatic heterocycles. The number of hydrogen-bond donors (Lipinski definition) is 1. The number of aromatic nitrogens is 3. The molecule has 3 aromatic rings. The Balaban J connectivity index is 1.83. The van der Waals surface area contributed by atoms with E-state index in [9.17, 15) is 18.0 Å². The van der Waals surface area contributed by atoms with Crippen molar-refractivity contribution in [3.8, 4) is 5.88 Å². The predicted octanol–water partition coefficient (Wildman–Crippen LogP) is 2.97. The van der Waals surface area contributed by atoms with Gasteiger partial charge in [-0.1, -0.05) is 0 Å². The molecule has 144 valence electrons. The van der Waals surface area contributed by atoms with Gasteiger partial charge in [0.05, 0.1) is 29.5 Å². The Morgan fingerprint density at radius 2 is 2.19 bits per heavy atom. The molecule has 0 aliphatic carbocycles. The summed E-state index contributed by atoms with van der Waals surface area (Å²) in [6, 6.07) is 4.14. The Bertz CT molecular complexity index is 964. The molecule has 3 rings (SSSR count). The van der Waals surface area contributed by atoms with Crippen molar-refractivity contribution >= 4 is 16.9 Å². The number of carbonyl (C=O) groups is 1. The molecule has 27 heavy (non-hydrogen) atoms. The number of aryl methyl sites for hydroxylation is 2. The van der Waals surface area contributed by atoms with Crippen molar-refractivity contribution in [3.05, 3.63) is 41.5 Å². The number of fused-ring (bicyclic) bond motifs is 1. The average Bonchev–Trinajstić information content (AvgIpc) is 3.20. The lowest BCUT2D eigenvalue weighted by atomic mass is 10.1. The van der Waals surface area contributed by atoms with Crippen LogP contribution in [0, 0.1) is 6.92 Å². The number of furan rings is 1. The zero-order valence-corrected chi connectivity index (χ0v) is 14.8. The largest absolute Gasteiger partial charge is 0.467 e. The number of hydrogen-bond acceptors (Lipinski definition) is 5. The van der Waals surface area contributed by atoms with Crippen LogP contribution in [0.15, 0.2) is 28.9 Å². The molecule has 0 radical (unpaired) electrons. The van der Waals surface area contributed by atoms with Crippen LogP contribution in [0.2, 0.25) is 0 Å². The Morgan fingerprint density at radius 3 is 2.81 bits per heavy atom. The first-order chi connectivity index (χ1) is 12.7. The molecular weight excluding hydrogens is 365 g/mol. The second kappa shape index (κ2) is 6.93. The second-order valence-corrected chi connectivity index (χ2v) is 5.97. The predicted molar refractivity (Wildman–Crippen MR) is 88.9 cm³/mol. The van der Waals surface area contributed by atoms with Crippen LogP contribution in [-0.2, 0) is 24.6 Å². The van der Waals surface area contributed by atoms with E-state index in [1.165, 1.54) is 31.8 Å². The molecule has 0 fully saturated rings. The summed E-state index contributed by atoms with van der Waals surface area (Å²) in [6.07, 6.45) is -4.20. The summed E-state index contributed by atoms with van der Waals surface area (Å²) < 4.78 is 52.1. The Kier molecular flexibility index (Phi) is 4.81. The Morgan fingerprint density at radius 1 is 1.44 bits per heavy atom. The molecule has 1 N–H and O–H groups in total. The van der Waals surface area contributed by atoms with Gasteiger partial charge in [-0.05, 0) is 26.0 Å². The van der Waals surface area contributed by atoms with Gasteiger partial charge >= 0.3 is 6.18 Å². The maximum absolute atomic E-state index is 13.5. The van der Waals surface area contributed by atoms with Gasteiger partial charge in [0.1, 0.15) is 5.76 Å². The molecule has 0 saturated carbocycles. The van der Waals surface area contributed by atoms with Crippen LogP contribution in [0.3, 0.4) is 0 Å². The molecule has 0 aromatic carbocycles. The molecule has 0 aliphatic heterocycles. The van der Waals surface area contributed by atoms with Crippen molar-refractivity contribution in [3.63, 3.8) is 0 Å². The normalized spacial score (nSPS) is 13.0. The van der Waals surface area contributed by atoms with E-state index in [0.29, 0.717) is 5.76 Å². The maximum Gasteiger partial charge on any atom is 0.417 e. The SMILES string of the molecule is Cc1nn(C)c2nc(OC(C)C(=O)NCc3ccco3)cc(C(F)(F)F)c12. The minimum absolute atomic E-state index is 0.0283. The second-order valence-electron chi connectivity index (χ2n) is 5.97. The van der Waals surface area contributed by atoms with E-state index in [-0.39, 0.29) is 29.2 Å². The van der Waals surface area contributed by atoms with Gasteiger partial charge in [-0.3, -0.25) is 9.48 Å². The number of amides is 1. The summed E-state index contributed by atoms with van der Waals surface area (Å²) in [6.45, 7) is 3.04. The van der Waals surface area contributed by atoms with Crippen LogP contribution in [-0.4, -0.2) is 26.8 Å². The van der Waals surface area contributed by atoms with Crippen LogP contribution >= 0.6 is 0 Å². The quantitative estimate of drug-likeness (QED) is 0.734. The molecule has 0 aliphatic rings. The lowest BCUT2D eigenvalue weighted by Crippen LogP contribution is -2.36. The number of pyridine rings is 1. The third-order valence-electron chi connectivity index (χ3n) is 3.93. The van der Waals surface area contributed by atoms with Crippen LogP contribution < -0.4 is 10.1 Å². The highest BCUT2D eigenvalue weighted by atomic mass is 19.4. The van der Waals surface area contributed by atoms with Gasteiger partial charge in [0.2, 0.25) is 5.88 Å². The summed E-state index contributed by atoms with van der Waals surface area (Å²) in [5.41, 5.74) is -0.667. The molecule has 0 saturated heterocycles. The van der Waals surface area contributed by atoms with Crippen molar-refractivity contribution in [1.29, 1.82) is 0 Å². The summed E-state index contributed by atoms with van der Waals surface area (Å²) in [5, 5.41) is 6.47. The van der Waals surface area contributed by atoms with Crippen LogP contribution in [0.4, 0.5) is 13.2 Å². The lowest BCUT2D eigenvalue weighted by Gasteiger charge is -2.16. The third kappa shape index (κ3) is 3.88. The van der Waals surface area contributed by atoms with E-state index in [1.54, 1.807) is 12.1 Å². The van der Waals surface area contributed by atoms with Crippen LogP contribution in [0.1, 0.15) is 23.9 Å². The van der Waals surface area contributed by atoms with Gasteiger partial charge in [-0.25, -0.2) is 0 Å². The maximum atomic E-state index is 13.5. The van der Waals surface area contributed by atoms with Crippen molar-refractivity contribution < 1.29 is 27.1 Å². The van der Waals surface area contributed by atoms with E-state index < -0.39 is 23.8 Å². The number of carbonyl (C=O) groups excluding carboxylic acids is 1. The summed E-state index contributed by atoms with van der Waals surface area (Å²) in [7, 11) is 1.49. The van der Waals surface area contributed by atoms with Gasteiger partial charge in [0.15, 0.2) is 11.8 Å². The first-order valence-corrected chi connectivity index (χ1v) is 8.05. The molecule has 0 bridgehead atoms. The van der Waals surface area contributed by atoms with E-state index in [1.807, 2.05) is 0 Å². The van der Waals surface area contributed by atoms with E-state index in [0.717, 1.165) is 6.07 Å². The third-order valence-corrected chi connectivity index (χ3v) is 3.93. The fraction of sp³-hybridized carbons (Fsp3) is 0.353. The topological polar surface area (TPSA) is 82.2 Å². The van der Waals surface area contributed by atoms with E-state index in [2.05, 4.69) is 15.4 Å². The number of halogens is 3. The van der Waals surface area contributed by atoms with Crippen LogP contribution in [0.5, 0.6) is 5.88 Å². The number of nitrogens with one attached hydrogen (secondary N) is 1. The van der Waals surface area contributed by atoms with E-state index in [4.69, 9.17) is 9.15 Å². The minimum atomic E-state index is -4.61. The molecule has 1 amide bonds. The number of rotatable bonds is 5. The van der Waals surface area contributed by atoms with Crippen LogP contribution in [0.25, 0.3) is 11.0 Å². The lowest BCUT2D eigenvalue weighted by molar-refractivity contribution is -0.136. The van der Waals surface area contributed by atoms with Gasteiger partial charge in [0.25, 0.3) is 5.91 Å². The minimum Gasteiger partial charge on any atom is -0.467 e. The number of nitrogens with zero attached hydrogens (tertiary/aromatic N) is 3. The molecule has 7 nitrogen and oxygen atoms in total. The highest BCUT2D eigenvalue weighted by Gasteiger charge is 2.36. The number of alkyl halides is 3. The van der Waals surface area contributed by atoms with Gasteiger partial charge in [-0.15, -0.1) is 0 Å². The van der Waals surface area contributed by atoms with Crippen molar-refractivity contribution in [2.45, 2.75) is 32.7 Å². The van der Waals surface area contributed by atoms with Crippen molar-refractivity contribution in [2.75, 3.05) is 0 Å². The first-order valence-electron chi connectivity index (χ1n) is 8.05. The molecule has 10 heteroatoms. The standard InChI is InChI=1S/C17H17F3N4O3/c1-9-14-12(17(18,19)20)7-13(22-15(14)24(3)23-9)27-10(2)16(25)21-8-11-5-4-6-26-11/h4-7,10H,8H2,1-3H3,(H,21,25). The summed E-state index contributed by atoms with van der Waals surface area (Å²) in [5.74, 6) is -0.277. The molecular formula is C17H17F3N4O3. The van der Waals surface area contributed by atoms with Gasteiger partial charge in [-0.2, -0.15) is 23.3 Å². The summed E-state index contributed by atoms with van der Waals surface area (Å²) >= 11 is 0. The van der Waals surface area contributed by atoms with Gasteiger partial charge in [0, 0.05) is 13.1 Å². The van der Waals surface area contributed by atoms with Crippen molar-refractivity contribution in [1.82, 2.24) is 20.1 Å². The zero-order valence-electron chi connectivity index (χ0n) is 14.8. The fourth-order valence-corrected chi connectivity index (χ4v) is 2.67. The highest BCUT2D eigenvalue weighted by Crippen LogP contribution is 2.37. The monoisotopic (exact) mass is 382 g/mol. The van der Waals surface area contributed by atoms with Gasteiger partial charge < -0.3 is 14.5 Å². The summed E-state index contributed by atoms with van der Waals surface area (Å²) in [4.78, 5) is 16.2. The zero-order chi connectivity index (χ0) is 19.8. The first kappa shape index (κ1) is 18.7. The molecule has 1 atom stereocenters. The average molecular weight is 382 g/mol. The molecule has 0 spiro atoms. The Labute approximate surface area is 152 Å². The molecule has 3 heterocycles. The smallest absolute Gasteiger partial charge is 0.417 e. The highest BCUT2D eigenvalue weighted by molar-refractivity contribution is 5.84. The van der Waals surface area contributed by atoms with Crippen molar-refractivity contribution in [2.24, 2.45) is 7.05 Å². The number of ether oxygens (including phenoxy) is 1. The fourth-order valence-electron chi connectivity index (χ4n) is 2.67. The Hall–Kier alpha value is -3.04. The van der Waals surface area contributed by atoms with E-state index >= 15 is 0 Å². The molecule has 1 unspecified atom stereocenters.